The van der Waals surface area contributed by atoms with Crippen LogP contribution in [0.2, 0.25) is 0 Å². The number of alkyl halides is 3. The molecule has 1 unspecified atom stereocenters. The highest BCUT2D eigenvalue weighted by molar-refractivity contribution is 7.98. The summed E-state index contributed by atoms with van der Waals surface area (Å²) in [5, 5.41) is 2.86. The van der Waals surface area contributed by atoms with Gasteiger partial charge >= 0.3 is 6.18 Å². The molecule has 5 rings (SSSR count). The van der Waals surface area contributed by atoms with E-state index in [2.05, 4.69) is 35.2 Å². The zero-order valence-electron chi connectivity index (χ0n) is 23.2. The number of aromatic nitrogens is 7. The SMILES string of the molecule is CC.CSc1ccc(CNc2nc3c(C)nc(-c4c(C)ncnc4C4CC4)nc3n(C(C)C(F)(F)F)c2=O)nc1. The fraction of sp³-hybridized carbons (Fsp3) is 0.444. The second kappa shape index (κ2) is 11.9. The first-order valence-corrected chi connectivity index (χ1v) is 14.2. The van der Waals surface area contributed by atoms with Crippen molar-refractivity contribution in [3.8, 4) is 11.4 Å². The maximum Gasteiger partial charge on any atom is 0.409 e. The molecule has 1 aliphatic carbocycles. The largest absolute Gasteiger partial charge is 0.409 e. The average Bonchev–Trinajstić information content (AvgIpc) is 3.78. The molecule has 0 aliphatic heterocycles. The molecular weight excluding hydrogens is 541 g/mol. The molecule has 0 radical (unpaired) electrons. The van der Waals surface area contributed by atoms with Crippen molar-refractivity contribution >= 4 is 28.7 Å². The van der Waals surface area contributed by atoms with Crippen LogP contribution in [0.4, 0.5) is 19.0 Å². The number of anilines is 1. The molecule has 1 atom stereocenters. The minimum Gasteiger partial charge on any atom is -0.360 e. The summed E-state index contributed by atoms with van der Waals surface area (Å²) < 4.78 is 42.6. The molecule has 1 aliphatic rings. The van der Waals surface area contributed by atoms with Crippen molar-refractivity contribution < 1.29 is 13.2 Å². The molecular formula is C27H31F3N8OS. The zero-order valence-corrected chi connectivity index (χ0v) is 24.0. The van der Waals surface area contributed by atoms with E-state index in [9.17, 15) is 18.0 Å². The van der Waals surface area contributed by atoms with Gasteiger partial charge in [0.2, 0.25) is 0 Å². The third-order valence-electron chi connectivity index (χ3n) is 6.50. The average molecular weight is 573 g/mol. The van der Waals surface area contributed by atoms with Gasteiger partial charge < -0.3 is 5.32 Å². The number of pyridine rings is 1. The van der Waals surface area contributed by atoms with Gasteiger partial charge in [0.1, 0.15) is 17.9 Å². The molecule has 0 bridgehead atoms. The first kappa shape index (κ1) is 29.4. The van der Waals surface area contributed by atoms with Gasteiger partial charge in [0, 0.05) is 17.0 Å². The van der Waals surface area contributed by atoms with Crippen LogP contribution in [0.1, 0.15) is 68.3 Å². The smallest absolute Gasteiger partial charge is 0.360 e. The van der Waals surface area contributed by atoms with Crippen LogP contribution in [0.5, 0.6) is 0 Å². The number of thioether (sulfide) groups is 1. The lowest BCUT2D eigenvalue weighted by Gasteiger charge is -2.22. The lowest BCUT2D eigenvalue weighted by atomic mass is 10.1. The highest BCUT2D eigenvalue weighted by Crippen LogP contribution is 2.43. The normalized spacial score (nSPS) is 14.0. The maximum absolute atomic E-state index is 14.0. The highest BCUT2D eigenvalue weighted by atomic mass is 32.2. The number of halogens is 3. The van der Waals surface area contributed by atoms with Crippen molar-refractivity contribution in [1.29, 1.82) is 0 Å². The quantitative estimate of drug-likeness (QED) is 0.266. The molecule has 1 saturated carbocycles. The van der Waals surface area contributed by atoms with E-state index in [1.807, 2.05) is 26.2 Å². The summed E-state index contributed by atoms with van der Waals surface area (Å²) >= 11 is 1.53. The van der Waals surface area contributed by atoms with Crippen molar-refractivity contribution in [1.82, 2.24) is 34.5 Å². The fourth-order valence-corrected chi connectivity index (χ4v) is 4.56. The van der Waals surface area contributed by atoms with E-state index in [4.69, 9.17) is 0 Å². The molecule has 1 fully saturated rings. The van der Waals surface area contributed by atoms with Crippen LogP contribution < -0.4 is 10.9 Å². The van der Waals surface area contributed by atoms with Crippen LogP contribution in [0, 0.1) is 13.8 Å². The molecule has 0 saturated heterocycles. The van der Waals surface area contributed by atoms with E-state index >= 15 is 0 Å². The van der Waals surface area contributed by atoms with Crippen LogP contribution in [0.25, 0.3) is 22.6 Å². The number of nitrogens with zero attached hydrogens (tertiary/aromatic N) is 7. The summed E-state index contributed by atoms with van der Waals surface area (Å²) in [6.07, 6.45) is 2.28. The molecule has 9 nitrogen and oxygen atoms in total. The Morgan fingerprint density at radius 1 is 1.07 bits per heavy atom. The standard InChI is InChI=1S/C25H25F3N8OS.C2H6/c1-12-18(20(15-5-6-15)32-11-31-12)21-33-13(2)19-23(35-21)36(14(3)25(26,27)28)24(37)22(34-19)30-9-16-7-8-17(38-4)10-29-16;1-2/h7-8,10-11,14-15H,5-6,9H2,1-4H3,(H,30,34);1-2H3. The molecule has 0 amide bonds. The summed E-state index contributed by atoms with van der Waals surface area (Å²) in [4.78, 5) is 40.8. The molecule has 4 aromatic rings. The van der Waals surface area contributed by atoms with Crippen LogP contribution in [-0.2, 0) is 6.54 Å². The van der Waals surface area contributed by atoms with Crippen LogP contribution >= 0.6 is 11.8 Å². The fourth-order valence-electron chi connectivity index (χ4n) is 4.20. The number of fused-ring (bicyclic) bond motifs is 1. The van der Waals surface area contributed by atoms with E-state index < -0.39 is 17.8 Å². The van der Waals surface area contributed by atoms with Gasteiger partial charge in [-0.15, -0.1) is 11.8 Å². The summed E-state index contributed by atoms with van der Waals surface area (Å²) in [6, 6.07) is 1.49. The van der Waals surface area contributed by atoms with Gasteiger partial charge in [0.15, 0.2) is 17.3 Å². The van der Waals surface area contributed by atoms with Gasteiger partial charge in [-0.25, -0.2) is 24.9 Å². The Labute approximate surface area is 234 Å². The Morgan fingerprint density at radius 3 is 2.40 bits per heavy atom. The topological polar surface area (TPSA) is 111 Å². The lowest BCUT2D eigenvalue weighted by molar-refractivity contribution is -0.162. The predicted molar refractivity (Wildman–Crippen MR) is 150 cm³/mol. The zero-order chi connectivity index (χ0) is 29.2. The molecule has 0 spiro atoms. The summed E-state index contributed by atoms with van der Waals surface area (Å²) in [5.41, 5.74) is 1.88. The van der Waals surface area contributed by atoms with Crippen molar-refractivity contribution in [3.05, 3.63) is 57.8 Å². The maximum atomic E-state index is 14.0. The summed E-state index contributed by atoms with van der Waals surface area (Å²) in [7, 11) is 0. The molecule has 40 heavy (non-hydrogen) atoms. The van der Waals surface area contributed by atoms with Gasteiger partial charge in [0.25, 0.3) is 5.56 Å². The van der Waals surface area contributed by atoms with Crippen LogP contribution in [-0.4, -0.2) is 46.9 Å². The van der Waals surface area contributed by atoms with Crippen molar-refractivity contribution in [2.45, 2.75) is 77.0 Å². The van der Waals surface area contributed by atoms with E-state index in [0.717, 1.165) is 30.4 Å². The van der Waals surface area contributed by atoms with Crippen molar-refractivity contribution in [2.75, 3.05) is 11.6 Å². The van der Waals surface area contributed by atoms with Gasteiger partial charge in [0.05, 0.1) is 34.9 Å². The molecule has 13 heteroatoms. The predicted octanol–water partition coefficient (Wildman–Crippen LogP) is 6.02. The number of aryl methyl sites for hydroxylation is 2. The van der Waals surface area contributed by atoms with Crippen molar-refractivity contribution in [2.24, 2.45) is 0 Å². The number of hydrogen-bond acceptors (Lipinski definition) is 9. The Bertz CT molecular complexity index is 1570. The second-order valence-electron chi connectivity index (χ2n) is 9.19. The molecule has 1 N–H and O–H groups in total. The molecule has 212 valence electrons. The summed E-state index contributed by atoms with van der Waals surface area (Å²) in [5.74, 6) is 0.172. The van der Waals surface area contributed by atoms with Gasteiger partial charge in [-0.3, -0.25) is 14.3 Å². The third-order valence-corrected chi connectivity index (χ3v) is 7.21. The van der Waals surface area contributed by atoms with E-state index in [0.29, 0.717) is 27.2 Å². The Kier molecular flexibility index (Phi) is 8.71. The monoisotopic (exact) mass is 572 g/mol. The van der Waals surface area contributed by atoms with Crippen LogP contribution in [0.3, 0.4) is 0 Å². The Morgan fingerprint density at radius 2 is 1.80 bits per heavy atom. The number of hydrogen-bond donors (Lipinski definition) is 1. The third kappa shape index (κ3) is 5.93. The summed E-state index contributed by atoms with van der Waals surface area (Å²) in [6.45, 7) is 8.45. The van der Waals surface area contributed by atoms with E-state index in [1.54, 1.807) is 26.1 Å². The first-order chi connectivity index (χ1) is 19.1. The Balaban J connectivity index is 0.00000181. The van der Waals surface area contributed by atoms with E-state index in [-0.39, 0.29) is 35.3 Å². The van der Waals surface area contributed by atoms with Gasteiger partial charge in [-0.1, -0.05) is 13.8 Å². The van der Waals surface area contributed by atoms with Gasteiger partial charge in [-0.2, -0.15) is 13.2 Å². The molecule has 4 aromatic heterocycles. The number of nitrogens with one attached hydrogen (secondary N) is 1. The first-order valence-electron chi connectivity index (χ1n) is 13.0. The molecule has 0 aromatic carbocycles. The van der Waals surface area contributed by atoms with Crippen molar-refractivity contribution in [3.63, 3.8) is 0 Å². The lowest BCUT2D eigenvalue weighted by Crippen LogP contribution is -2.35. The highest BCUT2D eigenvalue weighted by Gasteiger charge is 2.40. The second-order valence-corrected chi connectivity index (χ2v) is 10.1. The van der Waals surface area contributed by atoms with Crippen LogP contribution in [0.15, 0.2) is 34.3 Å². The van der Waals surface area contributed by atoms with Gasteiger partial charge in [-0.05, 0) is 52.0 Å². The number of rotatable bonds is 7. The minimum absolute atomic E-state index is 0.0973. The van der Waals surface area contributed by atoms with E-state index in [1.165, 1.54) is 18.1 Å². The minimum atomic E-state index is -4.70. The Hall–Kier alpha value is -3.61. The molecule has 4 heterocycles.